The number of methoxy groups -OCH3 is 1. The van der Waals surface area contributed by atoms with E-state index in [0.29, 0.717) is 0 Å². The van der Waals surface area contributed by atoms with E-state index < -0.39 is 0 Å². The maximum atomic E-state index is 5.29. The molecule has 1 aromatic rings. The molecule has 0 aliphatic heterocycles. The van der Waals surface area contributed by atoms with Crippen molar-refractivity contribution >= 4 is 0 Å². The Morgan fingerprint density at radius 1 is 1.07 bits per heavy atom. The highest BCUT2D eigenvalue weighted by atomic mass is 16.5. The van der Waals surface area contributed by atoms with Gasteiger partial charge in [-0.3, -0.25) is 0 Å². The first-order valence-corrected chi connectivity index (χ1v) is 5.13. The van der Waals surface area contributed by atoms with E-state index in [2.05, 4.69) is 36.6 Å². The minimum Gasteiger partial charge on any atom is -0.496 e. The van der Waals surface area contributed by atoms with Gasteiger partial charge in [-0.2, -0.15) is 0 Å². The summed E-state index contributed by atoms with van der Waals surface area (Å²) in [5.41, 5.74) is 3.65. The molecule has 0 saturated carbocycles. The summed E-state index contributed by atoms with van der Waals surface area (Å²) in [4.78, 5) is 0. The summed E-state index contributed by atoms with van der Waals surface area (Å²) in [7, 11) is 5.59. The highest BCUT2D eigenvalue weighted by Crippen LogP contribution is 2.25. The molecule has 3 heteroatoms. The smallest absolute Gasteiger partial charge is 0.122 e. The van der Waals surface area contributed by atoms with Gasteiger partial charge in [-0.25, -0.2) is 0 Å². The summed E-state index contributed by atoms with van der Waals surface area (Å²) < 4.78 is 5.29. The van der Waals surface area contributed by atoms with Gasteiger partial charge in [0.25, 0.3) is 0 Å². The molecule has 84 valence electrons. The number of hydrogen-bond acceptors (Lipinski definition) is 3. The minimum atomic E-state index is 0.189. The summed E-state index contributed by atoms with van der Waals surface area (Å²) in [5, 5.41) is 6.44. The zero-order chi connectivity index (χ0) is 11.4. The van der Waals surface area contributed by atoms with Crippen LogP contribution >= 0.6 is 0 Å². The van der Waals surface area contributed by atoms with Crippen molar-refractivity contribution in [2.75, 3.05) is 21.2 Å². The maximum absolute atomic E-state index is 5.29. The molecule has 0 atom stereocenters. The fourth-order valence-electron chi connectivity index (χ4n) is 1.80. The highest BCUT2D eigenvalue weighted by Gasteiger charge is 2.11. The molecule has 0 aromatic heterocycles. The Kier molecular flexibility index (Phi) is 4.12. The van der Waals surface area contributed by atoms with Crippen LogP contribution in [0.3, 0.4) is 0 Å². The van der Waals surface area contributed by atoms with Crippen LogP contribution in [0.1, 0.15) is 22.9 Å². The average Bonchev–Trinajstić information content (AvgIpc) is 2.24. The van der Waals surface area contributed by atoms with Crippen LogP contribution in [-0.4, -0.2) is 21.2 Å². The zero-order valence-corrected chi connectivity index (χ0v) is 10.1. The lowest BCUT2D eigenvalue weighted by molar-refractivity contribution is 0.410. The Morgan fingerprint density at radius 2 is 1.67 bits per heavy atom. The zero-order valence-electron chi connectivity index (χ0n) is 10.1. The molecule has 0 aliphatic rings. The number of rotatable bonds is 4. The van der Waals surface area contributed by atoms with Gasteiger partial charge in [0, 0.05) is 0 Å². The Hall–Kier alpha value is -1.06. The normalized spacial score (nSPS) is 10.8. The molecule has 0 radical (unpaired) electrons. The molecule has 0 bridgehead atoms. The van der Waals surface area contributed by atoms with E-state index >= 15 is 0 Å². The summed E-state index contributed by atoms with van der Waals surface area (Å²) >= 11 is 0. The maximum Gasteiger partial charge on any atom is 0.122 e. The minimum absolute atomic E-state index is 0.189. The lowest BCUT2D eigenvalue weighted by Gasteiger charge is -2.19. The summed E-state index contributed by atoms with van der Waals surface area (Å²) in [6.07, 6.45) is 0.189. The predicted octanol–water partition coefficient (Wildman–Crippen LogP) is 1.75. The monoisotopic (exact) mass is 208 g/mol. The van der Waals surface area contributed by atoms with E-state index in [9.17, 15) is 0 Å². The first kappa shape index (κ1) is 12.0. The van der Waals surface area contributed by atoms with Crippen LogP contribution in [0, 0.1) is 13.8 Å². The van der Waals surface area contributed by atoms with E-state index in [1.54, 1.807) is 7.11 Å². The standard InChI is InChI=1S/C12H20N2O/c1-8-7-11(15-5)9(2)6-10(8)12(13-3)14-4/h6-7,12-14H,1-5H3. The molecule has 0 heterocycles. The van der Waals surface area contributed by atoms with Gasteiger partial charge in [-0.1, -0.05) is 0 Å². The largest absolute Gasteiger partial charge is 0.496 e. The predicted molar refractivity (Wildman–Crippen MR) is 63.3 cm³/mol. The molecular weight excluding hydrogens is 188 g/mol. The first-order chi connectivity index (χ1) is 7.13. The van der Waals surface area contributed by atoms with Gasteiger partial charge in [-0.15, -0.1) is 0 Å². The van der Waals surface area contributed by atoms with Gasteiger partial charge >= 0.3 is 0 Å². The van der Waals surface area contributed by atoms with Crippen LogP contribution in [0.2, 0.25) is 0 Å². The van der Waals surface area contributed by atoms with Gasteiger partial charge in [-0.05, 0) is 56.8 Å². The molecule has 2 N–H and O–H groups in total. The molecule has 1 aromatic carbocycles. The van der Waals surface area contributed by atoms with Gasteiger partial charge in [0.05, 0.1) is 13.3 Å². The van der Waals surface area contributed by atoms with Gasteiger partial charge in [0.1, 0.15) is 5.75 Å². The molecule has 0 amide bonds. The van der Waals surface area contributed by atoms with Crippen LogP contribution in [0.25, 0.3) is 0 Å². The van der Waals surface area contributed by atoms with Crippen LogP contribution in [0.4, 0.5) is 0 Å². The highest BCUT2D eigenvalue weighted by molar-refractivity contribution is 5.42. The van der Waals surface area contributed by atoms with Crippen molar-refractivity contribution in [3.8, 4) is 5.75 Å². The Balaban J connectivity index is 3.14. The quantitative estimate of drug-likeness (QED) is 0.740. The molecular formula is C12H20N2O. The van der Waals surface area contributed by atoms with E-state index in [4.69, 9.17) is 4.74 Å². The molecule has 0 unspecified atom stereocenters. The van der Waals surface area contributed by atoms with Crippen LogP contribution < -0.4 is 15.4 Å². The van der Waals surface area contributed by atoms with E-state index in [1.807, 2.05) is 14.1 Å². The fraction of sp³-hybridized carbons (Fsp3) is 0.500. The van der Waals surface area contributed by atoms with Crippen molar-refractivity contribution in [2.24, 2.45) is 0 Å². The van der Waals surface area contributed by atoms with Crippen molar-refractivity contribution < 1.29 is 4.74 Å². The van der Waals surface area contributed by atoms with Crippen LogP contribution in [0.5, 0.6) is 5.75 Å². The van der Waals surface area contributed by atoms with Crippen LogP contribution in [-0.2, 0) is 0 Å². The summed E-state index contributed by atoms with van der Waals surface area (Å²) in [5.74, 6) is 0.946. The molecule has 0 fully saturated rings. The molecule has 1 rings (SSSR count). The molecule has 15 heavy (non-hydrogen) atoms. The number of nitrogens with one attached hydrogen (secondary N) is 2. The molecule has 0 spiro atoms. The second kappa shape index (κ2) is 5.14. The number of aryl methyl sites for hydroxylation is 2. The lowest BCUT2D eigenvalue weighted by Crippen LogP contribution is -2.29. The average molecular weight is 208 g/mol. The van der Waals surface area contributed by atoms with Crippen molar-refractivity contribution in [3.05, 3.63) is 28.8 Å². The van der Waals surface area contributed by atoms with E-state index in [-0.39, 0.29) is 6.17 Å². The van der Waals surface area contributed by atoms with Crippen molar-refractivity contribution in [3.63, 3.8) is 0 Å². The SMILES string of the molecule is CNC(NC)c1cc(C)c(OC)cc1C. The van der Waals surface area contributed by atoms with Crippen molar-refractivity contribution in [2.45, 2.75) is 20.0 Å². The molecule has 0 aliphatic carbocycles. The topological polar surface area (TPSA) is 33.3 Å². The van der Waals surface area contributed by atoms with Crippen molar-refractivity contribution in [1.29, 1.82) is 0 Å². The van der Waals surface area contributed by atoms with Gasteiger partial charge in [0.2, 0.25) is 0 Å². The molecule has 0 saturated heterocycles. The van der Waals surface area contributed by atoms with Crippen LogP contribution in [0.15, 0.2) is 12.1 Å². The molecule has 3 nitrogen and oxygen atoms in total. The Bertz CT molecular complexity index is 333. The third-order valence-corrected chi connectivity index (χ3v) is 2.67. The third kappa shape index (κ3) is 2.49. The Labute approximate surface area is 91.8 Å². The van der Waals surface area contributed by atoms with Gasteiger partial charge in [0.15, 0.2) is 0 Å². The second-order valence-electron chi connectivity index (χ2n) is 3.69. The fourth-order valence-corrected chi connectivity index (χ4v) is 1.80. The summed E-state index contributed by atoms with van der Waals surface area (Å²) in [6.45, 7) is 4.16. The number of hydrogen-bond donors (Lipinski definition) is 2. The number of benzene rings is 1. The first-order valence-electron chi connectivity index (χ1n) is 5.13. The van der Waals surface area contributed by atoms with E-state index in [1.165, 1.54) is 11.1 Å². The summed E-state index contributed by atoms with van der Waals surface area (Å²) in [6, 6.07) is 4.23. The van der Waals surface area contributed by atoms with Gasteiger partial charge < -0.3 is 15.4 Å². The Morgan fingerprint density at radius 3 is 2.13 bits per heavy atom. The lowest BCUT2D eigenvalue weighted by atomic mass is 10.0. The third-order valence-electron chi connectivity index (χ3n) is 2.67. The van der Waals surface area contributed by atoms with E-state index in [0.717, 1.165) is 11.3 Å². The number of ether oxygens (including phenoxy) is 1. The van der Waals surface area contributed by atoms with Crippen molar-refractivity contribution in [1.82, 2.24) is 10.6 Å². The second-order valence-corrected chi connectivity index (χ2v) is 3.69.